The molecule has 232 valence electrons. The lowest BCUT2D eigenvalue weighted by Crippen LogP contribution is -2.54. The van der Waals surface area contributed by atoms with Crippen LogP contribution in [0.5, 0.6) is 0 Å². The molecule has 2 rings (SSSR count). The van der Waals surface area contributed by atoms with Gasteiger partial charge in [-0.25, -0.2) is 0 Å². The summed E-state index contributed by atoms with van der Waals surface area (Å²) in [4.78, 5) is 0. The summed E-state index contributed by atoms with van der Waals surface area (Å²) in [5.41, 5.74) is -0.138. The zero-order valence-electron chi connectivity index (χ0n) is 26.2. The average Bonchev–Trinajstić information content (AvgIpc) is 2.95. The number of unbranched alkanes of at least 4 members (excludes halogenated alkanes) is 14. The Morgan fingerprint density at radius 1 is 0.513 bits per heavy atom. The second-order valence-corrected chi connectivity index (χ2v) is 14.8. The third-order valence-corrected chi connectivity index (χ3v) is 10.9. The van der Waals surface area contributed by atoms with Gasteiger partial charge in [0.1, 0.15) is 0 Å². The van der Waals surface area contributed by atoms with Crippen LogP contribution in [0, 0.1) is 17.3 Å². The van der Waals surface area contributed by atoms with Crippen molar-refractivity contribution in [2.24, 2.45) is 17.3 Å². The van der Waals surface area contributed by atoms with E-state index >= 15 is 0 Å². The fourth-order valence-corrected chi connectivity index (χ4v) is 7.62. The molecule has 0 radical (unpaired) electrons. The molecule has 2 unspecified atom stereocenters. The molecule has 2 aliphatic heterocycles. The highest BCUT2D eigenvalue weighted by Crippen LogP contribution is 2.34. The predicted octanol–water partition coefficient (Wildman–Crippen LogP) is 9.74. The van der Waals surface area contributed by atoms with E-state index < -0.39 is 0 Å². The molecule has 0 saturated carbocycles. The van der Waals surface area contributed by atoms with Crippen LogP contribution in [0.3, 0.4) is 0 Å². The van der Waals surface area contributed by atoms with Crippen LogP contribution in [0.15, 0.2) is 0 Å². The van der Waals surface area contributed by atoms with Gasteiger partial charge in [0.25, 0.3) is 0 Å². The molecular formula is C33H64O4S2. The number of hydrogen-bond donors (Lipinski definition) is 0. The molecule has 0 amide bonds. The fraction of sp³-hybridized carbons (Fsp3) is 1.00. The first kappa shape index (κ1) is 35.7. The van der Waals surface area contributed by atoms with Crippen LogP contribution in [0.25, 0.3) is 0 Å². The molecule has 2 atom stereocenters. The van der Waals surface area contributed by atoms with Crippen LogP contribution in [0.1, 0.15) is 130 Å². The lowest BCUT2D eigenvalue weighted by molar-refractivity contribution is -0.315. The van der Waals surface area contributed by atoms with E-state index in [0.717, 1.165) is 11.5 Å². The monoisotopic (exact) mass is 588 g/mol. The van der Waals surface area contributed by atoms with Crippen LogP contribution in [0.2, 0.25) is 0 Å². The number of hydrogen-bond acceptors (Lipinski definition) is 6. The Bertz CT molecular complexity index is 496. The first-order chi connectivity index (χ1) is 19.1. The molecule has 2 aliphatic rings. The van der Waals surface area contributed by atoms with Crippen molar-refractivity contribution in [2.75, 3.05) is 49.4 Å². The predicted molar refractivity (Wildman–Crippen MR) is 172 cm³/mol. The van der Waals surface area contributed by atoms with Gasteiger partial charge in [0.15, 0.2) is 12.6 Å². The standard InChI is InChI=1S/C33H64O4S2/c1-5-7-9-11-13-15-17-19-21-38-23-29(3)31-34-25-33(26-35-31)27-36-32(37-28-33)30(4)24-39-22-20-18-16-14-12-10-8-6-2/h29-32H,5-28H2,1-4H3. The third kappa shape index (κ3) is 16.1. The molecule has 2 fully saturated rings. The zero-order chi connectivity index (χ0) is 28.0. The molecular weight excluding hydrogens is 524 g/mol. The van der Waals surface area contributed by atoms with E-state index in [9.17, 15) is 0 Å². The molecule has 39 heavy (non-hydrogen) atoms. The van der Waals surface area contributed by atoms with Crippen molar-refractivity contribution in [1.29, 1.82) is 0 Å². The van der Waals surface area contributed by atoms with Crippen molar-refractivity contribution in [1.82, 2.24) is 0 Å². The van der Waals surface area contributed by atoms with E-state index in [2.05, 4.69) is 51.2 Å². The van der Waals surface area contributed by atoms with Crippen molar-refractivity contribution in [3.8, 4) is 0 Å². The zero-order valence-corrected chi connectivity index (χ0v) is 27.9. The van der Waals surface area contributed by atoms with Crippen LogP contribution in [-0.4, -0.2) is 62.0 Å². The van der Waals surface area contributed by atoms with Crippen LogP contribution >= 0.6 is 23.5 Å². The number of thioether (sulfide) groups is 2. The van der Waals surface area contributed by atoms with E-state index in [0.29, 0.717) is 38.3 Å². The maximum atomic E-state index is 6.21. The molecule has 2 heterocycles. The molecule has 6 heteroatoms. The summed E-state index contributed by atoms with van der Waals surface area (Å²) in [6.45, 7) is 11.8. The van der Waals surface area contributed by atoms with E-state index in [4.69, 9.17) is 18.9 Å². The minimum absolute atomic E-state index is 0.0916. The van der Waals surface area contributed by atoms with Gasteiger partial charge in [-0.15, -0.1) is 0 Å². The Labute approximate surface area is 251 Å². The summed E-state index contributed by atoms with van der Waals surface area (Å²) in [6.07, 6.45) is 22.0. The summed E-state index contributed by atoms with van der Waals surface area (Å²) < 4.78 is 24.8. The summed E-state index contributed by atoms with van der Waals surface area (Å²) in [5, 5.41) is 0. The van der Waals surface area contributed by atoms with E-state index in [1.54, 1.807) is 0 Å². The summed E-state index contributed by atoms with van der Waals surface area (Å²) in [6, 6.07) is 0. The van der Waals surface area contributed by atoms with Gasteiger partial charge in [-0.3, -0.25) is 0 Å². The van der Waals surface area contributed by atoms with Crippen molar-refractivity contribution in [2.45, 2.75) is 143 Å². The minimum atomic E-state index is -0.138. The number of rotatable bonds is 24. The fourth-order valence-electron chi connectivity index (χ4n) is 5.41. The Morgan fingerprint density at radius 2 is 0.821 bits per heavy atom. The quantitative estimate of drug-likeness (QED) is 0.104. The lowest BCUT2D eigenvalue weighted by Gasteiger charge is -2.45. The van der Waals surface area contributed by atoms with Crippen molar-refractivity contribution < 1.29 is 18.9 Å². The molecule has 0 aliphatic carbocycles. The van der Waals surface area contributed by atoms with Gasteiger partial charge in [-0.2, -0.15) is 23.5 Å². The molecule has 0 aromatic rings. The SMILES string of the molecule is CCCCCCCCCCSCC(C)C1OCC2(CO1)COC(C(C)CSCCCCCCCCCC)OC2. The largest absolute Gasteiger partial charge is 0.352 e. The molecule has 2 saturated heterocycles. The highest BCUT2D eigenvalue weighted by atomic mass is 32.2. The van der Waals surface area contributed by atoms with E-state index in [1.807, 2.05) is 0 Å². The molecule has 1 spiro atoms. The van der Waals surface area contributed by atoms with Gasteiger partial charge in [-0.1, -0.05) is 118 Å². The van der Waals surface area contributed by atoms with Crippen LogP contribution < -0.4 is 0 Å². The molecule has 0 aromatic carbocycles. The lowest BCUT2D eigenvalue weighted by atomic mass is 9.90. The van der Waals surface area contributed by atoms with Gasteiger partial charge in [-0.05, 0) is 24.3 Å². The van der Waals surface area contributed by atoms with Gasteiger partial charge >= 0.3 is 0 Å². The second-order valence-electron chi connectivity index (χ2n) is 12.5. The van der Waals surface area contributed by atoms with E-state index in [1.165, 1.54) is 114 Å². The maximum Gasteiger partial charge on any atom is 0.160 e. The first-order valence-corrected chi connectivity index (χ1v) is 19.0. The minimum Gasteiger partial charge on any atom is -0.352 e. The van der Waals surface area contributed by atoms with Gasteiger partial charge in [0.05, 0.1) is 31.8 Å². The van der Waals surface area contributed by atoms with Crippen LogP contribution in [-0.2, 0) is 18.9 Å². The van der Waals surface area contributed by atoms with Gasteiger partial charge in [0, 0.05) is 23.3 Å². The summed E-state index contributed by atoms with van der Waals surface area (Å²) in [7, 11) is 0. The number of ether oxygens (including phenoxy) is 4. The van der Waals surface area contributed by atoms with E-state index in [-0.39, 0.29) is 18.0 Å². The Balaban J connectivity index is 1.46. The van der Waals surface area contributed by atoms with Crippen molar-refractivity contribution >= 4 is 23.5 Å². The Hall–Kier alpha value is 0.540. The van der Waals surface area contributed by atoms with Gasteiger partial charge in [0.2, 0.25) is 0 Å². The van der Waals surface area contributed by atoms with Crippen LogP contribution in [0.4, 0.5) is 0 Å². The average molecular weight is 589 g/mol. The van der Waals surface area contributed by atoms with Gasteiger partial charge < -0.3 is 18.9 Å². The topological polar surface area (TPSA) is 36.9 Å². The highest BCUT2D eigenvalue weighted by Gasteiger charge is 2.43. The van der Waals surface area contributed by atoms with Crippen molar-refractivity contribution in [3.05, 3.63) is 0 Å². The highest BCUT2D eigenvalue weighted by molar-refractivity contribution is 7.99. The summed E-state index contributed by atoms with van der Waals surface area (Å²) in [5.74, 6) is 5.56. The Morgan fingerprint density at radius 3 is 1.15 bits per heavy atom. The first-order valence-electron chi connectivity index (χ1n) is 16.7. The molecule has 0 aromatic heterocycles. The second kappa shape index (κ2) is 23.1. The summed E-state index contributed by atoms with van der Waals surface area (Å²) >= 11 is 4.12. The smallest absolute Gasteiger partial charge is 0.160 e. The normalized spacial score (nSPS) is 25.2. The Kier molecular flexibility index (Phi) is 21.1. The maximum absolute atomic E-state index is 6.21. The third-order valence-electron chi connectivity index (χ3n) is 8.19. The van der Waals surface area contributed by atoms with Crippen molar-refractivity contribution in [3.63, 3.8) is 0 Å². The molecule has 4 nitrogen and oxygen atoms in total. The molecule has 0 bridgehead atoms. The molecule has 0 N–H and O–H groups in total.